The van der Waals surface area contributed by atoms with E-state index in [1.54, 1.807) is 0 Å². The lowest BCUT2D eigenvalue weighted by atomic mass is 9.99. The molecule has 1 unspecified atom stereocenters. The molecule has 1 N–H and O–H groups in total. The number of nitrogens with zero attached hydrogens (tertiary/aromatic N) is 3. The van der Waals surface area contributed by atoms with Crippen molar-refractivity contribution in [2.75, 3.05) is 24.6 Å². The van der Waals surface area contributed by atoms with Gasteiger partial charge in [-0.2, -0.15) is 4.98 Å². The zero-order valence-electron chi connectivity index (χ0n) is 11.0. The van der Waals surface area contributed by atoms with Gasteiger partial charge in [-0.05, 0) is 30.9 Å². The molecule has 0 radical (unpaired) electrons. The van der Waals surface area contributed by atoms with Gasteiger partial charge in [0.15, 0.2) is 0 Å². The molecule has 0 bridgehead atoms. The fourth-order valence-electron chi connectivity index (χ4n) is 2.48. The minimum absolute atomic E-state index is 0.200. The van der Waals surface area contributed by atoms with E-state index in [2.05, 4.69) is 10.1 Å². The highest BCUT2D eigenvalue weighted by atomic mass is 35.5. The number of piperidine rings is 1. The van der Waals surface area contributed by atoms with E-state index >= 15 is 0 Å². The van der Waals surface area contributed by atoms with Crippen molar-refractivity contribution in [2.45, 2.75) is 12.8 Å². The van der Waals surface area contributed by atoms with Gasteiger partial charge in [-0.3, -0.25) is 0 Å². The number of aromatic nitrogens is 2. The Kier molecular flexibility index (Phi) is 3.89. The van der Waals surface area contributed by atoms with Gasteiger partial charge in [-0.1, -0.05) is 28.9 Å². The van der Waals surface area contributed by atoms with Crippen LogP contribution in [0.25, 0.3) is 11.4 Å². The van der Waals surface area contributed by atoms with Crippen molar-refractivity contribution in [3.05, 3.63) is 29.3 Å². The van der Waals surface area contributed by atoms with Gasteiger partial charge in [0.2, 0.25) is 5.82 Å². The standard InChI is InChI=1S/C14H16ClN3O2/c15-12-5-1-4-11(7-12)13-16-14(20-17-13)18-6-2-3-10(8-18)9-19/h1,4-5,7,10,19H,2-3,6,8-9H2. The molecule has 1 atom stereocenters. The van der Waals surface area contributed by atoms with Crippen molar-refractivity contribution in [1.29, 1.82) is 0 Å². The monoisotopic (exact) mass is 293 g/mol. The van der Waals surface area contributed by atoms with E-state index in [9.17, 15) is 5.11 Å². The van der Waals surface area contributed by atoms with E-state index in [1.165, 1.54) is 0 Å². The summed E-state index contributed by atoms with van der Waals surface area (Å²) in [7, 11) is 0. The predicted molar refractivity (Wildman–Crippen MR) is 76.8 cm³/mol. The normalized spacial score (nSPS) is 19.3. The smallest absolute Gasteiger partial charge is 0.324 e. The molecule has 6 heteroatoms. The fraction of sp³-hybridized carbons (Fsp3) is 0.429. The Morgan fingerprint density at radius 2 is 2.35 bits per heavy atom. The Bertz CT molecular complexity index is 587. The zero-order valence-corrected chi connectivity index (χ0v) is 11.8. The maximum Gasteiger partial charge on any atom is 0.324 e. The minimum Gasteiger partial charge on any atom is -0.396 e. The Morgan fingerprint density at radius 3 is 3.15 bits per heavy atom. The molecular weight excluding hydrogens is 278 g/mol. The number of halogens is 1. The molecule has 0 spiro atoms. The van der Waals surface area contributed by atoms with E-state index < -0.39 is 0 Å². The summed E-state index contributed by atoms with van der Waals surface area (Å²) in [6.07, 6.45) is 2.07. The number of benzene rings is 1. The largest absolute Gasteiger partial charge is 0.396 e. The van der Waals surface area contributed by atoms with Crippen LogP contribution in [-0.4, -0.2) is 34.9 Å². The Balaban J connectivity index is 1.80. The summed E-state index contributed by atoms with van der Waals surface area (Å²) in [5.74, 6) is 0.818. The summed E-state index contributed by atoms with van der Waals surface area (Å²) in [6, 6.07) is 7.88. The first-order valence-corrected chi connectivity index (χ1v) is 7.09. The molecule has 1 aliphatic heterocycles. The Morgan fingerprint density at radius 1 is 1.45 bits per heavy atom. The number of hydrogen-bond donors (Lipinski definition) is 1. The zero-order chi connectivity index (χ0) is 13.9. The summed E-state index contributed by atoms with van der Waals surface area (Å²) in [5.41, 5.74) is 0.836. The highest BCUT2D eigenvalue weighted by Crippen LogP contribution is 2.25. The minimum atomic E-state index is 0.200. The van der Waals surface area contributed by atoms with Crippen molar-refractivity contribution < 1.29 is 9.63 Å². The Hall–Kier alpha value is -1.59. The summed E-state index contributed by atoms with van der Waals surface area (Å²) in [6.45, 7) is 1.84. The SMILES string of the molecule is OCC1CCCN(c2nc(-c3cccc(Cl)c3)no2)C1. The number of hydrogen-bond acceptors (Lipinski definition) is 5. The van der Waals surface area contributed by atoms with Crippen LogP contribution in [0.1, 0.15) is 12.8 Å². The molecule has 1 aromatic carbocycles. The average Bonchev–Trinajstić information content (AvgIpc) is 2.97. The van der Waals surface area contributed by atoms with Gasteiger partial charge in [0.25, 0.3) is 0 Å². The maximum atomic E-state index is 9.26. The van der Waals surface area contributed by atoms with Crippen molar-refractivity contribution in [2.24, 2.45) is 5.92 Å². The van der Waals surface area contributed by atoms with Crippen LogP contribution in [0.15, 0.2) is 28.8 Å². The lowest BCUT2D eigenvalue weighted by Crippen LogP contribution is -2.36. The van der Waals surface area contributed by atoms with Gasteiger partial charge >= 0.3 is 6.01 Å². The molecule has 2 heterocycles. The molecule has 3 rings (SSSR count). The number of rotatable bonds is 3. The maximum absolute atomic E-state index is 9.26. The van der Waals surface area contributed by atoms with Crippen LogP contribution < -0.4 is 4.90 Å². The van der Waals surface area contributed by atoms with Crippen LogP contribution in [0.2, 0.25) is 5.02 Å². The van der Waals surface area contributed by atoms with Crippen molar-refractivity contribution >= 4 is 17.6 Å². The van der Waals surface area contributed by atoms with Gasteiger partial charge in [0.1, 0.15) is 0 Å². The van der Waals surface area contributed by atoms with E-state index in [1.807, 2.05) is 29.2 Å². The lowest BCUT2D eigenvalue weighted by molar-refractivity contribution is 0.205. The van der Waals surface area contributed by atoms with Gasteiger partial charge in [-0.15, -0.1) is 0 Å². The number of aliphatic hydroxyl groups is 1. The van der Waals surface area contributed by atoms with Crippen molar-refractivity contribution in [3.63, 3.8) is 0 Å². The summed E-state index contributed by atoms with van der Waals surface area (Å²) >= 11 is 5.96. The van der Waals surface area contributed by atoms with Gasteiger partial charge in [-0.25, -0.2) is 0 Å². The Labute approximate surface area is 122 Å². The first-order valence-electron chi connectivity index (χ1n) is 6.71. The fourth-order valence-corrected chi connectivity index (χ4v) is 2.67. The van der Waals surface area contributed by atoms with Gasteiger partial charge in [0.05, 0.1) is 0 Å². The highest BCUT2D eigenvalue weighted by Gasteiger charge is 2.23. The molecule has 0 aliphatic carbocycles. The second-order valence-corrected chi connectivity index (χ2v) is 5.48. The third-order valence-corrected chi connectivity index (χ3v) is 3.78. The van der Waals surface area contributed by atoms with Gasteiger partial charge in [0, 0.05) is 30.3 Å². The molecule has 1 aromatic heterocycles. The molecule has 5 nitrogen and oxygen atoms in total. The molecule has 1 aliphatic rings. The molecule has 20 heavy (non-hydrogen) atoms. The van der Waals surface area contributed by atoms with Crippen LogP contribution in [0.5, 0.6) is 0 Å². The van der Waals surface area contributed by atoms with E-state index in [0.717, 1.165) is 31.5 Å². The van der Waals surface area contributed by atoms with E-state index in [0.29, 0.717) is 16.9 Å². The molecule has 1 fully saturated rings. The molecule has 0 amide bonds. The quantitative estimate of drug-likeness (QED) is 0.942. The molecule has 2 aromatic rings. The topological polar surface area (TPSA) is 62.4 Å². The number of anilines is 1. The second-order valence-electron chi connectivity index (χ2n) is 5.05. The molecule has 0 saturated carbocycles. The number of aliphatic hydroxyl groups excluding tert-OH is 1. The predicted octanol–water partition coefficient (Wildman–Crippen LogP) is 2.60. The molecular formula is C14H16ClN3O2. The third-order valence-electron chi connectivity index (χ3n) is 3.55. The molecule has 106 valence electrons. The van der Waals surface area contributed by atoms with Crippen molar-refractivity contribution in [1.82, 2.24) is 10.1 Å². The van der Waals surface area contributed by atoms with Crippen LogP contribution in [0, 0.1) is 5.92 Å². The van der Waals surface area contributed by atoms with Crippen LogP contribution in [0.4, 0.5) is 6.01 Å². The summed E-state index contributed by atoms with van der Waals surface area (Å²) in [5, 5.41) is 13.9. The third kappa shape index (κ3) is 2.78. The first-order chi connectivity index (χ1) is 9.76. The van der Waals surface area contributed by atoms with Gasteiger partial charge < -0.3 is 14.5 Å². The van der Waals surface area contributed by atoms with E-state index in [-0.39, 0.29) is 12.5 Å². The molecule has 1 saturated heterocycles. The average molecular weight is 294 g/mol. The van der Waals surface area contributed by atoms with Crippen LogP contribution >= 0.6 is 11.6 Å². The highest BCUT2D eigenvalue weighted by molar-refractivity contribution is 6.30. The van der Waals surface area contributed by atoms with Crippen molar-refractivity contribution in [3.8, 4) is 11.4 Å². The summed E-state index contributed by atoms with van der Waals surface area (Å²) < 4.78 is 5.33. The lowest BCUT2D eigenvalue weighted by Gasteiger charge is -2.29. The first kappa shape index (κ1) is 13.4. The summed E-state index contributed by atoms with van der Waals surface area (Å²) in [4.78, 5) is 6.46. The second kappa shape index (κ2) is 5.81. The van der Waals surface area contributed by atoms with Crippen LogP contribution in [0.3, 0.4) is 0 Å². The van der Waals surface area contributed by atoms with Crippen LogP contribution in [-0.2, 0) is 0 Å². The van der Waals surface area contributed by atoms with E-state index in [4.69, 9.17) is 16.1 Å².